The van der Waals surface area contributed by atoms with E-state index in [1.807, 2.05) is 0 Å². The van der Waals surface area contributed by atoms with Gasteiger partial charge in [0.15, 0.2) is 5.43 Å². The number of aliphatic hydroxyl groups is 1. The molecule has 0 amide bonds. The molecule has 2 N–H and O–H groups in total. The van der Waals surface area contributed by atoms with Crippen LogP contribution in [-0.2, 0) is 17.8 Å². The zero-order valence-electron chi connectivity index (χ0n) is 9.97. The maximum atomic E-state index is 12.0. The summed E-state index contributed by atoms with van der Waals surface area (Å²) in [6, 6.07) is 6.10. The van der Waals surface area contributed by atoms with Crippen molar-refractivity contribution in [3.05, 3.63) is 45.2 Å². The lowest BCUT2D eigenvalue weighted by molar-refractivity contribution is -0.136. The van der Waals surface area contributed by atoms with Crippen LogP contribution in [0.15, 0.2) is 29.1 Å². The molecule has 19 heavy (non-hydrogen) atoms. The Hall–Kier alpha value is -1.85. The van der Waals surface area contributed by atoms with Gasteiger partial charge in [-0.05, 0) is 18.2 Å². The van der Waals surface area contributed by atoms with E-state index in [-0.39, 0.29) is 25.0 Å². The van der Waals surface area contributed by atoms with Crippen molar-refractivity contribution in [1.82, 2.24) is 4.57 Å². The van der Waals surface area contributed by atoms with Crippen molar-refractivity contribution in [3.8, 4) is 0 Å². The molecule has 0 saturated carbocycles. The number of hydrogen-bond acceptors (Lipinski definition) is 3. The van der Waals surface area contributed by atoms with Gasteiger partial charge in [-0.15, -0.1) is 0 Å². The molecule has 0 saturated heterocycles. The molecule has 0 unspecified atom stereocenters. The van der Waals surface area contributed by atoms with Crippen LogP contribution in [0.2, 0.25) is 5.02 Å². The predicted octanol–water partition coefficient (Wildman–Crippen LogP) is 1.27. The Morgan fingerprint density at radius 1 is 1.32 bits per heavy atom. The molecule has 100 valence electrons. The molecule has 1 aromatic heterocycles. The molecule has 0 aliphatic heterocycles. The van der Waals surface area contributed by atoms with Crippen molar-refractivity contribution >= 4 is 28.5 Å². The molecule has 2 aromatic rings. The summed E-state index contributed by atoms with van der Waals surface area (Å²) in [6.45, 7) is 0.0776. The van der Waals surface area contributed by atoms with E-state index >= 15 is 0 Å². The van der Waals surface area contributed by atoms with Crippen molar-refractivity contribution < 1.29 is 15.0 Å². The minimum Gasteiger partial charge on any atom is -0.481 e. The highest BCUT2D eigenvalue weighted by molar-refractivity contribution is 6.31. The molecular weight excluding hydrogens is 270 g/mol. The second-order valence-corrected chi connectivity index (χ2v) is 4.54. The fourth-order valence-electron chi connectivity index (χ4n) is 2.07. The highest BCUT2D eigenvalue weighted by atomic mass is 35.5. The van der Waals surface area contributed by atoms with Gasteiger partial charge in [0, 0.05) is 28.7 Å². The molecule has 0 bridgehead atoms. The van der Waals surface area contributed by atoms with E-state index in [2.05, 4.69) is 0 Å². The third-order valence-corrected chi connectivity index (χ3v) is 3.05. The first-order valence-electron chi connectivity index (χ1n) is 5.67. The molecular formula is C13H12ClNO4. The first kappa shape index (κ1) is 13.6. The van der Waals surface area contributed by atoms with Gasteiger partial charge in [-0.2, -0.15) is 0 Å². The molecule has 1 heterocycles. The van der Waals surface area contributed by atoms with Gasteiger partial charge < -0.3 is 14.8 Å². The second kappa shape index (κ2) is 5.42. The van der Waals surface area contributed by atoms with Gasteiger partial charge in [0.25, 0.3) is 0 Å². The number of carboxylic acids is 1. The minimum atomic E-state index is -1.03. The van der Waals surface area contributed by atoms with Gasteiger partial charge in [0.2, 0.25) is 0 Å². The fourth-order valence-corrected chi connectivity index (χ4v) is 2.24. The Bertz CT molecular complexity index is 693. The smallest absolute Gasteiger partial charge is 0.309 e. The first-order chi connectivity index (χ1) is 9.02. The number of nitrogens with zero attached hydrogens (tertiary/aromatic N) is 1. The topological polar surface area (TPSA) is 79.5 Å². The molecule has 5 nitrogen and oxygen atoms in total. The molecule has 0 radical (unpaired) electrons. The van der Waals surface area contributed by atoms with Crippen molar-refractivity contribution in [2.75, 3.05) is 6.61 Å². The number of fused-ring (bicyclic) bond motifs is 1. The van der Waals surface area contributed by atoms with E-state index in [9.17, 15) is 9.59 Å². The number of hydrogen-bond donors (Lipinski definition) is 2. The highest BCUT2D eigenvalue weighted by Crippen LogP contribution is 2.18. The highest BCUT2D eigenvalue weighted by Gasteiger charge is 2.11. The minimum absolute atomic E-state index is 0.146. The monoisotopic (exact) mass is 281 g/mol. The number of carboxylic acid groups (broad SMARTS) is 1. The molecule has 0 spiro atoms. The summed E-state index contributed by atoms with van der Waals surface area (Å²) < 4.78 is 1.63. The van der Waals surface area contributed by atoms with Crippen LogP contribution in [0.4, 0.5) is 0 Å². The van der Waals surface area contributed by atoms with Crippen molar-refractivity contribution in [1.29, 1.82) is 0 Å². The summed E-state index contributed by atoms with van der Waals surface area (Å²) in [6.07, 6.45) is -0.270. The maximum absolute atomic E-state index is 12.0. The maximum Gasteiger partial charge on any atom is 0.309 e. The molecule has 0 fully saturated rings. The Kier molecular flexibility index (Phi) is 3.87. The number of benzene rings is 1. The van der Waals surface area contributed by atoms with Crippen LogP contribution in [0.25, 0.3) is 10.9 Å². The summed E-state index contributed by atoms with van der Waals surface area (Å²) >= 11 is 5.85. The predicted molar refractivity (Wildman–Crippen MR) is 71.6 cm³/mol. The molecule has 2 rings (SSSR count). The zero-order chi connectivity index (χ0) is 14.0. The molecule has 1 aromatic carbocycles. The molecule has 0 aliphatic rings. The number of aromatic nitrogens is 1. The molecule has 0 atom stereocenters. The summed E-state index contributed by atoms with van der Waals surface area (Å²) in [4.78, 5) is 22.8. The van der Waals surface area contributed by atoms with Gasteiger partial charge in [0.1, 0.15) is 0 Å². The van der Waals surface area contributed by atoms with Crippen LogP contribution in [-0.4, -0.2) is 27.4 Å². The van der Waals surface area contributed by atoms with E-state index in [1.54, 1.807) is 16.7 Å². The number of carbonyl (C=O) groups is 1. The van der Waals surface area contributed by atoms with Crippen LogP contribution < -0.4 is 5.43 Å². The average Bonchev–Trinajstić information content (AvgIpc) is 2.33. The van der Waals surface area contributed by atoms with Gasteiger partial charge in [-0.1, -0.05) is 11.6 Å². The summed E-state index contributed by atoms with van der Waals surface area (Å²) in [7, 11) is 0. The van der Waals surface area contributed by atoms with Gasteiger partial charge >= 0.3 is 5.97 Å². The third kappa shape index (κ3) is 2.77. The van der Waals surface area contributed by atoms with Crippen LogP contribution in [0.3, 0.4) is 0 Å². The third-order valence-electron chi connectivity index (χ3n) is 2.82. The molecule has 0 aliphatic carbocycles. The Morgan fingerprint density at radius 3 is 2.68 bits per heavy atom. The lowest BCUT2D eigenvalue weighted by atomic mass is 10.1. The van der Waals surface area contributed by atoms with Gasteiger partial charge in [0.05, 0.1) is 18.5 Å². The zero-order valence-corrected chi connectivity index (χ0v) is 10.7. The number of halogens is 1. The Balaban J connectivity index is 2.76. The Morgan fingerprint density at radius 2 is 2.05 bits per heavy atom. The molecule has 6 heteroatoms. The summed E-state index contributed by atoms with van der Waals surface area (Å²) in [5.74, 6) is -1.03. The van der Waals surface area contributed by atoms with Crippen molar-refractivity contribution in [3.63, 3.8) is 0 Å². The van der Waals surface area contributed by atoms with Crippen LogP contribution >= 0.6 is 11.6 Å². The second-order valence-electron chi connectivity index (χ2n) is 4.11. The lowest BCUT2D eigenvalue weighted by Gasteiger charge is -2.15. The first-order valence-corrected chi connectivity index (χ1v) is 6.05. The van der Waals surface area contributed by atoms with Crippen LogP contribution in [0.5, 0.6) is 0 Å². The van der Waals surface area contributed by atoms with E-state index in [4.69, 9.17) is 21.8 Å². The number of aliphatic hydroxyl groups excluding tert-OH is 1. The van der Waals surface area contributed by atoms with Crippen molar-refractivity contribution in [2.45, 2.75) is 13.0 Å². The van der Waals surface area contributed by atoms with E-state index in [1.165, 1.54) is 12.1 Å². The normalized spacial score (nSPS) is 10.8. The summed E-state index contributed by atoms with van der Waals surface area (Å²) in [5.41, 5.74) is 0.659. The number of aliphatic carboxylic acids is 1. The average molecular weight is 282 g/mol. The lowest BCUT2D eigenvalue weighted by Crippen LogP contribution is -2.18. The van der Waals surface area contributed by atoms with Gasteiger partial charge in [-0.25, -0.2) is 0 Å². The van der Waals surface area contributed by atoms with Crippen LogP contribution in [0.1, 0.15) is 5.69 Å². The van der Waals surface area contributed by atoms with E-state index < -0.39 is 5.97 Å². The SMILES string of the molecule is O=C(O)Cc1cc(=O)c2cc(Cl)ccc2n1CCO. The standard InChI is InChI=1S/C13H12ClNO4/c14-8-1-2-11-10(5-8)12(17)6-9(7-13(18)19)15(11)3-4-16/h1-2,5-6,16H,3-4,7H2,(H,18,19). The van der Waals surface area contributed by atoms with Gasteiger partial charge in [-0.3, -0.25) is 9.59 Å². The number of rotatable bonds is 4. The summed E-state index contributed by atoms with van der Waals surface area (Å²) in [5, 5.41) is 18.8. The van der Waals surface area contributed by atoms with Crippen molar-refractivity contribution in [2.24, 2.45) is 0 Å². The van der Waals surface area contributed by atoms with E-state index in [0.29, 0.717) is 21.6 Å². The largest absolute Gasteiger partial charge is 0.481 e. The van der Waals surface area contributed by atoms with Crippen LogP contribution in [0, 0.1) is 0 Å². The Labute approximate surface area is 113 Å². The number of pyridine rings is 1. The van der Waals surface area contributed by atoms with E-state index in [0.717, 1.165) is 0 Å². The quantitative estimate of drug-likeness (QED) is 0.885. The fraction of sp³-hybridized carbons (Fsp3) is 0.231.